The van der Waals surface area contributed by atoms with Crippen LogP contribution in [0.3, 0.4) is 0 Å². The lowest BCUT2D eigenvalue weighted by Gasteiger charge is -2.07. The number of hydrogen-bond acceptors (Lipinski definition) is 8. The molecule has 0 atom stereocenters. The summed E-state index contributed by atoms with van der Waals surface area (Å²) >= 11 is 3.01. The average Bonchev–Trinajstić information content (AvgIpc) is 2.84. The van der Waals surface area contributed by atoms with Gasteiger partial charge in [0.2, 0.25) is 5.91 Å². The van der Waals surface area contributed by atoms with Crippen molar-refractivity contribution in [1.82, 2.24) is 9.78 Å². The molecule has 2 rings (SSSR count). The second kappa shape index (κ2) is 7.45. The van der Waals surface area contributed by atoms with Gasteiger partial charge in [0.1, 0.15) is 16.6 Å². The third-order valence-electron chi connectivity index (χ3n) is 3.61. The normalized spacial score (nSPS) is 10.5. The van der Waals surface area contributed by atoms with Gasteiger partial charge in [-0.15, -0.1) is 0 Å². The van der Waals surface area contributed by atoms with E-state index in [4.69, 9.17) is 0 Å². The van der Waals surface area contributed by atoms with Crippen LogP contribution in [0.1, 0.15) is 11.3 Å². The summed E-state index contributed by atoms with van der Waals surface area (Å²) in [4.78, 5) is 42.9. The molecule has 1 N–H and O–H groups in total. The van der Waals surface area contributed by atoms with Crippen molar-refractivity contribution in [3.63, 3.8) is 0 Å². The number of carbonyl (C=O) groups excluding carboxylic acids is 1. The number of aromatic nitrogens is 2. The monoisotopic (exact) mass is 442 g/mol. The van der Waals surface area contributed by atoms with E-state index in [0.717, 1.165) is 16.8 Å². The lowest BCUT2D eigenvalue weighted by atomic mass is 10.1. The highest BCUT2D eigenvalue weighted by Crippen LogP contribution is 2.32. The largest absolute Gasteiger partial charge is 0.404 e. The van der Waals surface area contributed by atoms with Gasteiger partial charge in [0, 0.05) is 12.1 Å². The molecule has 0 saturated heterocycles. The minimum atomic E-state index is -0.796. The number of carbonyl (C=O) groups is 1. The molecule has 14 heteroatoms. The first-order valence-corrected chi connectivity index (χ1v) is 7.92. The van der Waals surface area contributed by atoms with E-state index in [1.807, 2.05) is 0 Å². The van der Waals surface area contributed by atoms with Crippen molar-refractivity contribution in [3.8, 4) is 0 Å². The Hall–Kier alpha value is -3.42. The predicted molar refractivity (Wildman–Crippen MR) is 94.4 cm³/mol. The first-order chi connectivity index (χ1) is 12.5. The first kappa shape index (κ1) is 19.9. The lowest BCUT2D eigenvalue weighted by Crippen LogP contribution is -2.20. The number of hydrogen-bond donors (Lipinski definition) is 1. The summed E-state index contributed by atoms with van der Waals surface area (Å²) in [5, 5.41) is 39.0. The van der Waals surface area contributed by atoms with E-state index in [2.05, 4.69) is 26.3 Å². The zero-order chi connectivity index (χ0) is 20.5. The van der Waals surface area contributed by atoms with Crippen molar-refractivity contribution in [1.29, 1.82) is 0 Å². The molecule has 0 spiro atoms. The summed E-state index contributed by atoms with van der Waals surface area (Å²) in [5.41, 5.74) is -1.02. The molecule has 142 valence electrons. The average molecular weight is 443 g/mol. The topological polar surface area (TPSA) is 176 Å². The molecule has 0 radical (unpaired) electrons. The van der Waals surface area contributed by atoms with Gasteiger partial charge in [-0.3, -0.25) is 25.0 Å². The minimum Gasteiger partial charge on any atom is -0.358 e. The molecule has 0 bridgehead atoms. The number of rotatable bonds is 6. The van der Waals surface area contributed by atoms with Crippen LogP contribution in [0, 0.1) is 44.2 Å². The van der Waals surface area contributed by atoms with Crippen LogP contribution in [0.15, 0.2) is 16.6 Å². The summed E-state index contributed by atoms with van der Waals surface area (Å²) < 4.78 is 1.18. The van der Waals surface area contributed by atoms with E-state index in [-0.39, 0.29) is 15.7 Å². The maximum atomic E-state index is 12.2. The lowest BCUT2D eigenvalue weighted by molar-refractivity contribution is -0.395. The molecule has 2 aromatic rings. The predicted octanol–water partition coefficient (Wildman–Crippen LogP) is 2.63. The van der Waals surface area contributed by atoms with E-state index < -0.39 is 44.4 Å². The molecular formula is C13H11BrN6O7. The summed E-state index contributed by atoms with van der Waals surface area (Å²) in [6, 6.07) is 1.99. The van der Waals surface area contributed by atoms with Gasteiger partial charge in [-0.05, 0) is 34.7 Å². The standard InChI is InChI=1S/C13H11BrN6O7/c1-6-9(18(22)23)3-8(4-10(6)19(24)25)15-11(21)5-17-7(2)12(14)13(16-17)20(26)27/h3-4H,5H2,1-2H3,(H,15,21). The highest BCUT2D eigenvalue weighted by atomic mass is 79.9. The van der Waals surface area contributed by atoms with Gasteiger partial charge >= 0.3 is 5.82 Å². The number of nitro benzene ring substituents is 2. The van der Waals surface area contributed by atoms with Gasteiger partial charge in [-0.2, -0.15) is 4.68 Å². The molecule has 1 heterocycles. The van der Waals surface area contributed by atoms with Crippen LogP contribution in [0.4, 0.5) is 22.9 Å². The van der Waals surface area contributed by atoms with Crippen LogP contribution in [0.5, 0.6) is 0 Å². The Kier molecular flexibility index (Phi) is 5.49. The quantitative estimate of drug-likeness (QED) is 0.523. The molecule has 1 aromatic heterocycles. The Balaban J connectivity index is 2.31. The molecule has 0 aliphatic carbocycles. The molecule has 0 aliphatic heterocycles. The zero-order valence-corrected chi connectivity index (χ0v) is 15.4. The fourth-order valence-electron chi connectivity index (χ4n) is 2.25. The van der Waals surface area contributed by atoms with Crippen LogP contribution < -0.4 is 5.32 Å². The fraction of sp³-hybridized carbons (Fsp3) is 0.231. The Morgan fingerprint density at radius 1 is 1.11 bits per heavy atom. The van der Waals surface area contributed by atoms with E-state index in [0.29, 0.717) is 5.69 Å². The number of nitro groups is 3. The molecule has 0 aliphatic rings. The van der Waals surface area contributed by atoms with Crippen molar-refractivity contribution < 1.29 is 19.6 Å². The van der Waals surface area contributed by atoms with E-state index >= 15 is 0 Å². The van der Waals surface area contributed by atoms with E-state index in [1.54, 1.807) is 0 Å². The fourth-order valence-corrected chi connectivity index (χ4v) is 2.68. The summed E-state index contributed by atoms with van der Waals surface area (Å²) in [7, 11) is 0. The van der Waals surface area contributed by atoms with Gasteiger partial charge in [0.15, 0.2) is 0 Å². The van der Waals surface area contributed by atoms with Gasteiger partial charge in [-0.1, -0.05) is 0 Å². The summed E-state index contributed by atoms with van der Waals surface area (Å²) in [5.74, 6) is -1.20. The highest BCUT2D eigenvalue weighted by Gasteiger charge is 2.26. The first-order valence-electron chi connectivity index (χ1n) is 7.13. The van der Waals surface area contributed by atoms with Crippen molar-refractivity contribution in [2.45, 2.75) is 20.4 Å². The Labute approximate surface area is 158 Å². The van der Waals surface area contributed by atoms with Gasteiger partial charge in [0.25, 0.3) is 11.4 Å². The number of nitrogens with zero attached hydrogens (tertiary/aromatic N) is 5. The molecule has 13 nitrogen and oxygen atoms in total. The third kappa shape index (κ3) is 4.05. The van der Waals surface area contributed by atoms with Crippen LogP contribution in [-0.2, 0) is 11.3 Å². The Morgan fingerprint density at radius 3 is 2.04 bits per heavy atom. The second-order valence-corrected chi connectivity index (χ2v) is 6.13. The molecule has 1 amide bonds. The third-order valence-corrected chi connectivity index (χ3v) is 4.54. The SMILES string of the molecule is Cc1c([N+](=O)[O-])cc(NC(=O)Cn2nc([N+](=O)[O-])c(Br)c2C)cc1[N+](=O)[O-]. The van der Waals surface area contributed by atoms with E-state index in [9.17, 15) is 35.1 Å². The molecule has 27 heavy (non-hydrogen) atoms. The molecule has 0 saturated carbocycles. The minimum absolute atomic E-state index is 0.113. The van der Waals surface area contributed by atoms with Gasteiger partial charge in [-0.25, -0.2) is 0 Å². The van der Waals surface area contributed by atoms with Crippen LogP contribution in [-0.4, -0.2) is 30.5 Å². The van der Waals surface area contributed by atoms with Crippen molar-refractivity contribution >= 4 is 44.7 Å². The number of nitrogens with one attached hydrogen (secondary N) is 1. The highest BCUT2D eigenvalue weighted by molar-refractivity contribution is 9.10. The van der Waals surface area contributed by atoms with Crippen LogP contribution >= 0.6 is 15.9 Å². The Bertz CT molecular complexity index is 951. The number of halogens is 1. The maximum Gasteiger partial charge on any atom is 0.404 e. The number of anilines is 1. The molecule has 0 fully saturated rings. The molecule has 1 aromatic carbocycles. The van der Waals surface area contributed by atoms with Crippen molar-refractivity contribution in [3.05, 3.63) is 58.2 Å². The van der Waals surface area contributed by atoms with Gasteiger partial charge in [0.05, 0.1) is 26.3 Å². The summed E-state index contributed by atoms with van der Waals surface area (Å²) in [6.07, 6.45) is 0. The second-order valence-electron chi connectivity index (χ2n) is 5.34. The van der Waals surface area contributed by atoms with Crippen LogP contribution in [0.25, 0.3) is 0 Å². The number of benzene rings is 1. The van der Waals surface area contributed by atoms with E-state index in [1.165, 1.54) is 13.8 Å². The molecular weight excluding hydrogens is 432 g/mol. The smallest absolute Gasteiger partial charge is 0.358 e. The van der Waals surface area contributed by atoms with Crippen LogP contribution in [0.2, 0.25) is 0 Å². The maximum absolute atomic E-state index is 12.2. The Morgan fingerprint density at radius 2 is 1.63 bits per heavy atom. The van der Waals surface area contributed by atoms with Gasteiger partial charge < -0.3 is 15.4 Å². The number of amides is 1. The van der Waals surface area contributed by atoms with Crippen molar-refractivity contribution in [2.24, 2.45) is 0 Å². The summed E-state index contributed by atoms with van der Waals surface area (Å²) in [6.45, 7) is 2.29. The van der Waals surface area contributed by atoms with Crippen molar-refractivity contribution in [2.75, 3.05) is 5.32 Å². The molecule has 0 unspecified atom stereocenters. The zero-order valence-electron chi connectivity index (χ0n) is 13.8.